The van der Waals surface area contributed by atoms with Crippen molar-refractivity contribution in [2.75, 3.05) is 0 Å². The Morgan fingerprint density at radius 3 is 2.73 bits per heavy atom. The molecule has 0 unspecified atom stereocenters. The van der Waals surface area contributed by atoms with E-state index in [4.69, 9.17) is 23.2 Å². The van der Waals surface area contributed by atoms with Gasteiger partial charge in [0.1, 0.15) is 0 Å². The van der Waals surface area contributed by atoms with Gasteiger partial charge in [-0.15, -0.1) is 0 Å². The molecule has 0 saturated heterocycles. The number of thiazole rings is 1. The zero-order chi connectivity index (χ0) is 15.9. The number of rotatable bonds is 1. The number of halogens is 3. The molecule has 0 saturated carbocycles. The van der Waals surface area contributed by atoms with Gasteiger partial charge in [-0.25, -0.2) is 0 Å². The third-order valence-corrected chi connectivity index (χ3v) is 5.27. The molecule has 0 N–H and O–H groups in total. The average Bonchev–Trinajstić information content (AvgIpc) is 2.74. The van der Waals surface area contributed by atoms with E-state index in [0.29, 0.717) is 20.4 Å². The molecule has 1 aromatic heterocycles. The van der Waals surface area contributed by atoms with E-state index in [-0.39, 0.29) is 5.91 Å². The van der Waals surface area contributed by atoms with Crippen molar-refractivity contribution < 1.29 is 4.79 Å². The minimum Gasteiger partial charge on any atom is -0.319 e. The lowest BCUT2D eigenvalue weighted by atomic mass is 10.2. The monoisotopic (exact) mass is 414 g/mol. The number of carbonyl (C=O) groups excluding carboxylic acids is 1. The lowest BCUT2D eigenvalue weighted by Gasteiger charge is -1.99. The number of carbonyl (C=O) groups is 1. The first-order valence-electron chi connectivity index (χ1n) is 6.25. The first-order chi connectivity index (χ1) is 10.5. The summed E-state index contributed by atoms with van der Waals surface area (Å²) in [5.41, 5.74) is 1.35. The van der Waals surface area contributed by atoms with Gasteiger partial charge in [-0.1, -0.05) is 50.5 Å². The predicted octanol–water partition coefficient (Wildman–Crippen LogP) is 5.05. The Morgan fingerprint density at radius 1 is 1.23 bits per heavy atom. The third-order valence-electron chi connectivity index (χ3n) is 3.13. The standard InChI is InChI=1S/C15H9BrCl2N2OS/c1-20-12-5-2-8(16)6-13(12)22-15(20)19-14(21)10-4-3-9(17)7-11(10)18/h2-7H,1H3. The van der Waals surface area contributed by atoms with E-state index >= 15 is 0 Å². The van der Waals surface area contributed by atoms with E-state index in [1.807, 2.05) is 29.8 Å². The van der Waals surface area contributed by atoms with Gasteiger partial charge in [0.05, 0.1) is 20.8 Å². The highest BCUT2D eigenvalue weighted by atomic mass is 79.9. The Labute approximate surface area is 149 Å². The van der Waals surface area contributed by atoms with E-state index < -0.39 is 0 Å². The Kier molecular flexibility index (Phi) is 4.41. The van der Waals surface area contributed by atoms with Crippen LogP contribution in [0.5, 0.6) is 0 Å². The first kappa shape index (κ1) is 15.7. The highest BCUT2D eigenvalue weighted by Crippen LogP contribution is 2.23. The summed E-state index contributed by atoms with van der Waals surface area (Å²) in [7, 11) is 1.88. The molecule has 0 bridgehead atoms. The van der Waals surface area contributed by atoms with Gasteiger partial charge in [0.15, 0.2) is 4.80 Å². The Bertz CT molecular complexity index is 962. The van der Waals surface area contributed by atoms with Crippen LogP contribution < -0.4 is 4.80 Å². The fourth-order valence-corrected chi connectivity index (χ4v) is 4.08. The molecular formula is C15H9BrCl2N2OS. The van der Waals surface area contributed by atoms with Crippen molar-refractivity contribution in [3.05, 3.63) is 61.3 Å². The first-order valence-corrected chi connectivity index (χ1v) is 8.61. The van der Waals surface area contributed by atoms with E-state index in [1.54, 1.807) is 12.1 Å². The molecule has 1 heterocycles. The molecule has 0 spiro atoms. The van der Waals surface area contributed by atoms with Crippen LogP contribution in [0.3, 0.4) is 0 Å². The minimum absolute atomic E-state index is 0.299. The van der Waals surface area contributed by atoms with Crippen LogP contribution in [0.15, 0.2) is 45.9 Å². The Balaban J connectivity index is 2.12. The van der Waals surface area contributed by atoms with Crippen LogP contribution in [0.25, 0.3) is 10.2 Å². The maximum Gasteiger partial charge on any atom is 0.281 e. The van der Waals surface area contributed by atoms with Crippen LogP contribution in [0.1, 0.15) is 10.4 Å². The molecule has 7 heteroatoms. The van der Waals surface area contributed by atoms with Crippen LogP contribution in [-0.2, 0) is 7.05 Å². The van der Waals surface area contributed by atoms with Crippen LogP contribution in [0.2, 0.25) is 10.0 Å². The normalized spacial score (nSPS) is 12.1. The summed E-state index contributed by atoms with van der Waals surface area (Å²) < 4.78 is 3.92. The number of amides is 1. The van der Waals surface area contributed by atoms with Crippen molar-refractivity contribution in [2.45, 2.75) is 0 Å². The quantitative estimate of drug-likeness (QED) is 0.547. The van der Waals surface area contributed by atoms with Crippen LogP contribution in [0.4, 0.5) is 0 Å². The summed E-state index contributed by atoms with van der Waals surface area (Å²) in [5, 5.41) is 0.784. The number of hydrogen-bond acceptors (Lipinski definition) is 2. The smallest absolute Gasteiger partial charge is 0.281 e. The SMILES string of the molecule is Cn1c(=NC(=O)c2ccc(Cl)cc2Cl)sc2cc(Br)ccc21. The minimum atomic E-state index is -0.386. The van der Waals surface area contributed by atoms with E-state index in [1.165, 1.54) is 17.4 Å². The van der Waals surface area contributed by atoms with E-state index in [2.05, 4.69) is 20.9 Å². The molecule has 0 atom stereocenters. The molecule has 0 aliphatic heterocycles. The Hall–Kier alpha value is -1.14. The second-order valence-corrected chi connectivity index (χ2v) is 7.37. The highest BCUT2D eigenvalue weighted by molar-refractivity contribution is 9.10. The molecule has 112 valence electrons. The van der Waals surface area contributed by atoms with Crippen molar-refractivity contribution in [3.8, 4) is 0 Å². The molecule has 2 aromatic carbocycles. The zero-order valence-electron chi connectivity index (χ0n) is 11.3. The Morgan fingerprint density at radius 2 is 2.00 bits per heavy atom. The molecule has 1 amide bonds. The lowest BCUT2D eigenvalue weighted by molar-refractivity contribution is 0.0998. The predicted molar refractivity (Wildman–Crippen MR) is 94.9 cm³/mol. The zero-order valence-corrected chi connectivity index (χ0v) is 15.2. The van der Waals surface area contributed by atoms with Crippen molar-refractivity contribution in [3.63, 3.8) is 0 Å². The summed E-state index contributed by atoms with van der Waals surface area (Å²) in [6.45, 7) is 0. The van der Waals surface area contributed by atoms with E-state index in [0.717, 1.165) is 14.7 Å². The van der Waals surface area contributed by atoms with Gasteiger partial charge in [-0.3, -0.25) is 4.79 Å². The van der Waals surface area contributed by atoms with Gasteiger partial charge in [0, 0.05) is 16.5 Å². The van der Waals surface area contributed by atoms with Gasteiger partial charge < -0.3 is 4.57 Å². The summed E-state index contributed by atoms with van der Waals surface area (Å²) in [4.78, 5) is 17.1. The van der Waals surface area contributed by atoms with Gasteiger partial charge in [-0.2, -0.15) is 4.99 Å². The average molecular weight is 416 g/mol. The van der Waals surface area contributed by atoms with E-state index in [9.17, 15) is 4.79 Å². The lowest BCUT2D eigenvalue weighted by Crippen LogP contribution is -2.13. The fourth-order valence-electron chi connectivity index (χ4n) is 2.02. The largest absolute Gasteiger partial charge is 0.319 e. The molecule has 0 aliphatic carbocycles. The summed E-state index contributed by atoms with van der Waals surface area (Å²) in [5.74, 6) is -0.386. The molecule has 0 aliphatic rings. The van der Waals surface area contributed by atoms with Crippen LogP contribution in [-0.4, -0.2) is 10.5 Å². The number of nitrogens with zero attached hydrogens (tertiary/aromatic N) is 2. The maximum atomic E-state index is 12.3. The van der Waals surface area contributed by atoms with Crippen molar-refractivity contribution in [1.82, 2.24) is 4.57 Å². The third kappa shape index (κ3) is 2.99. The van der Waals surface area contributed by atoms with Crippen molar-refractivity contribution >= 4 is 66.6 Å². The van der Waals surface area contributed by atoms with Crippen LogP contribution in [0, 0.1) is 0 Å². The highest BCUT2D eigenvalue weighted by Gasteiger charge is 2.11. The fraction of sp³-hybridized carbons (Fsp3) is 0.0667. The molecule has 0 fully saturated rings. The number of benzene rings is 2. The van der Waals surface area contributed by atoms with Crippen molar-refractivity contribution in [1.29, 1.82) is 0 Å². The molecule has 22 heavy (non-hydrogen) atoms. The number of aromatic nitrogens is 1. The molecular weight excluding hydrogens is 407 g/mol. The second-order valence-electron chi connectivity index (χ2n) is 4.60. The topological polar surface area (TPSA) is 34.4 Å². The summed E-state index contributed by atoms with van der Waals surface area (Å²) >= 11 is 16.8. The van der Waals surface area contributed by atoms with Gasteiger partial charge in [-0.05, 0) is 36.4 Å². The molecule has 3 nitrogen and oxygen atoms in total. The number of aryl methyl sites for hydroxylation is 1. The summed E-state index contributed by atoms with van der Waals surface area (Å²) in [6.07, 6.45) is 0. The van der Waals surface area contributed by atoms with Gasteiger partial charge in [0.25, 0.3) is 5.91 Å². The van der Waals surface area contributed by atoms with Gasteiger partial charge in [0.2, 0.25) is 0 Å². The van der Waals surface area contributed by atoms with Gasteiger partial charge >= 0.3 is 0 Å². The molecule has 3 aromatic rings. The second kappa shape index (κ2) is 6.16. The van der Waals surface area contributed by atoms with Crippen molar-refractivity contribution in [2.24, 2.45) is 12.0 Å². The maximum absolute atomic E-state index is 12.3. The number of fused-ring (bicyclic) bond motifs is 1. The molecule has 3 rings (SSSR count). The van der Waals surface area contributed by atoms with Crippen LogP contribution >= 0.6 is 50.5 Å². The summed E-state index contributed by atoms with van der Waals surface area (Å²) in [6, 6.07) is 10.7. The molecule has 0 radical (unpaired) electrons. The number of hydrogen-bond donors (Lipinski definition) is 0.